The second-order valence-corrected chi connectivity index (χ2v) is 6.51. The van der Waals surface area contributed by atoms with Gasteiger partial charge in [-0.15, -0.1) is 0 Å². The van der Waals surface area contributed by atoms with Crippen LogP contribution < -0.4 is 5.32 Å². The third-order valence-corrected chi connectivity index (χ3v) is 3.61. The molecule has 0 aliphatic rings. The molecule has 0 radical (unpaired) electrons. The van der Waals surface area contributed by atoms with Crippen LogP contribution in [0, 0.1) is 6.92 Å². The molecule has 0 aliphatic heterocycles. The van der Waals surface area contributed by atoms with E-state index in [1.165, 1.54) is 5.56 Å². The monoisotopic (exact) mass is 293 g/mol. The average molecular weight is 293 g/mol. The summed E-state index contributed by atoms with van der Waals surface area (Å²) in [5.41, 5.74) is 4.35. The van der Waals surface area contributed by atoms with Gasteiger partial charge in [-0.2, -0.15) is 0 Å². The summed E-state index contributed by atoms with van der Waals surface area (Å²) in [4.78, 5) is 12.0. The number of nitrogens with one attached hydrogen (secondary N) is 1. The Morgan fingerprint density at radius 1 is 1.00 bits per heavy atom. The van der Waals surface area contributed by atoms with Crippen molar-refractivity contribution in [3.8, 4) is 0 Å². The van der Waals surface area contributed by atoms with E-state index in [4.69, 9.17) is 0 Å². The maximum atomic E-state index is 12.0. The molecule has 114 valence electrons. The largest absolute Gasteiger partial charge is 0.322 e. The van der Waals surface area contributed by atoms with Crippen molar-refractivity contribution in [2.24, 2.45) is 0 Å². The maximum Gasteiger partial charge on any atom is 0.248 e. The zero-order chi connectivity index (χ0) is 16.2. The van der Waals surface area contributed by atoms with Gasteiger partial charge in [0.05, 0.1) is 0 Å². The van der Waals surface area contributed by atoms with Crippen LogP contribution >= 0.6 is 0 Å². The molecule has 0 aromatic heterocycles. The molecule has 1 N–H and O–H groups in total. The molecule has 2 nitrogen and oxygen atoms in total. The molecule has 2 heteroatoms. The van der Waals surface area contributed by atoms with Crippen LogP contribution in [0.3, 0.4) is 0 Å². The van der Waals surface area contributed by atoms with Crippen molar-refractivity contribution in [3.05, 3.63) is 71.3 Å². The molecule has 1 amide bonds. The molecule has 2 rings (SSSR count). The molecule has 0 saturated carbocycles. The third-order valence-electron chi connectivity index (χ3n) is 3.61. The van der Waals surface area contributed by atoms with Gasteiger partial charge in [0.2, 0.25) is 5.91 Å². The zero-order valence-corrected chi connectivity index (χ0v) is 13.7. The molecule has 0 heterocycles. The topological polar surface area (TPSA) is 29.1 Å². The highest BCUT2D eigenvalue weighted by molar-refractivity contribution is 6.02. The van der Waals surface area contributed by atoms with E-state index in [0.717, 1.165) is 16.8 Å². The molecular weight excluding hydrogens is 270 g/mol. The highest BCUT2D eigenvalue weighted by Gasteiger charge is 2.12. The number of para-hydroxylation sites is 1. The summed E-state index contributed by atoms with van der Waals surface area (Å²) in [6, 6.07) is 16.0. The minimum atomic E-state index is -0.116. The number of carbonyl (C=O) groups excluding carboxylic acids is 1. The molecule has 0 spiro atoms. The molecule has 0 atom stereocenters. The van der Waals surface area contributed by atoms with Crippen LogP contribution in [0.2, 0.25) is 0 Å². The molecule has 0 aliphatic carbocycles. The van der Waals surface area contributed by atoms with E-state index in [0.29, 0.717) is 0 Å². The van der Waals surface area contributed by atoms with Crippen molar-refractivity contribution >= 4 is 17.7 Å². The standard InChI is InChI=1S/C20H23NO/c1-15-7-5-6-8-18(15)21-19(22)14-11-16-9-12-17(13-10-16)20(2,3)4/h5-14H,1-4H3,(H,21,22). The minimum Gasteiger partial charge on any atom is -0.322 e. The summed E-state index contributed by atoms with van der Waals surface area (Å²) in [7, 11) is 0. The summed E-state index contributed by atoms with van der Waals surface area (Å²) in [6.07, 6.45) is 3.40. The normalized spacial score (nSPS) is 11.6. The van der Waals surface area contributed by atoms with Gasteiger partial charge in [-0.1, -0.05) is 63.2 Å². The highest BCUT2D eigenvalue weighted by atomic mass is 16.1. The van der Waals surface area contributed by atoms with Crippen LogP contribution in [-0.2, 0) is 10.2 Å². The number of rotatable bonds is 3. The van der Waals surface area contributed by atoms with Crippen LogP contribution in [0.4, 0.5) is 5.69 Å². The number of benzene rings is 2. The smallest absolute Gasteiger partial charge is 0.248 e. The van der Waals surface area contributed by atoms with Crippen molar-refractivity contribution in [2.75, 3.05) is 5.32 Å². The highest BCUT2D eigenvalue weighted by Crippen LogP contribution is 2.22. The Bertz CT molecular complexity index is 676. The number of anilines is 1. The van der Waals surface area contributed by atoms with Crippen molar-refractivity contribution in [2.45, 2.75) is 33.1 Å². The lowest BCUT2D eigenvalue weighted by atomic mass is 9.87. The van der Waals surface area contributed by atoms with Gasteiger partial charge in [0.25, 0.3) is 0 Å². The Hall–Kier alpha value is -2.35. The summed E-state index contributed by atoms with van der Waals surface area (Å²) in [5, 5.41) is 2.89. The lowest BCUT2D eigenvalue weighted by Gasteiger charge is -2.18. The van der Waals surface area contributed by atoms with Crippen LogP contribution in [-0.4, -0.2) is 5.91 Å². The first-order valence-corrected chi connectivity index (χ1v) is 7.51. The predicted molar refractivity (Wildman–Crippen MR) is 94.0 cm³/mol. The number of hydrogen-bond acceptors (Lipinski definition) is 1. The second kappa shape index (κ2) is 6.61. The van der Waals surface area contributed by atoms with Gasteiger partial charge in [-0.3, -0.25) is 4.79 Å². The predicted octanol–water partition coefficient (Wildman–Crippen LogP) is 4.94. The Morgan fingerprint density at radius 3 is 2.23 bits per heavy atom. The first kappa shape index (κ1) is 16.0. The summed E-state index contributed by atoms with van der Waals surface area (Å²) in [6.45, 7) is 8.54. The van der Waals surface area contributed by atoms with Gasteiger partial charge in [0, 0.05) is 11.8 Å². The fraction of sp³-hybridized carbons (Fsp3) is 0.250. The molecule has 0 fully saturated rings. The van der Waals surface area contributed by atoms with E-state index in [1.807, 2.05) is 49.4 Å². The van der Waals surface area contributed by atoms with E-state index in [2.05, 4.69) is 38.2 Å². The number of aryl methyl sites for hydroxylation is 1. The summed E-state index contributed by atoms with van der Waals surface area (Å²) in [5.74, 6) is -0.116. The third kappa shape index (κ3) is 4.32. The molecule has 0 saturated heterocycles. The van der Waals surface area contributed by atoms with Gasteiger partial charge in [0.15, 0.2) is 0 Å². The number of hydrogen-bond donors (Lipinski definition) is 1. The summed E-state index contributed by atoms with van der Waals surface area (Å²) < 4.78 is 0. The van der Waals surface area contributed by atoms with Crippen molar-refractivity contribution in [1.82, 2.24) is 0 Å². The van der Waals surface area contributed by atoms with E-state index < -0.39 is 0 Å². The lowest BCUT2D eigenvalue weighted by molar-refractivity contribution is -0.111. The molecule has 0 bridgehead atoms. The van der Waals surface area contributed by atoms with Crippen molar-refractivity contribution in [3.63, 3.8) is 0 Å². The van der Waals surface area contributed by atoms with Crippen LogP contribution in [0.1, 0.15) is 37.5 Å². The van der Waals surface area contributed by atoms with Crippen LogP contribution in [0.5, 0.6) is 0 Å². The fourth-order valence-electron chi connectivity index (χ4n) is 2.15. The van der Waals surface area contributed by atoms with E-state index >= 15 is 0 Å². The maximum absolute atomic E-state index is 12.0. The molecule has 0 unspecified atom stereocenters. The number of carbonyl (C=O) groups is 1. The fourth-order valence-corrected chi connectivity index (χ4v) is 2.15. The van der Waals surface area contributed by atoms with E-state index in [9.17, 15) is 4.79 Å². The summed E-state index contributed by atoms with van der Waals surface area (Å²) >= 11 is 0. The van der Waals surface area contributed by atoms with Gasteiger partial charge < -0.3 is 5.32 Å². The Labute approximate surface area is 132 Å². The molecular formula is C20H23NO. The van der Waals surface area contributed by atoms with Crippen LogP contribution in [0.15, 0.2) is 54.6 Å². The quantitative estimate of drug-likeness (QED) is 0.797. The van der Waals surface area contributed by atoms with Gasteiger partial charge >= 0.3 is 0 Å². The van der Waals surface area contributed by atoms with Crippen LogP contribution in [0.25, 0.3) is 6.08 Å². The minimum absolute atomic E-state index is 0.116. The average Bonchev–Trinajstić information content (AvgIpc) is 2.47. The van der Waals surface area contributed by atoms with E-state index in [1.54, 1.807) is 6.08 Å². The van der Waals surface area contributed by atoms with Gasteiger partial charge in [-0.25, -0.2) is 0 Å². The Morgan fingerprint density at radius 2 is 1.64 bits per heavy atom. The molecule has 2 aromatic carbocycles. The zero-order valence-electron chi connectivity index (χ0n) is 13.7. The molecule has 22 heavy (non-hydrogen) atoms. The second-order valence-electron chi connectivity index (χ2n) is 6.51. The Kier molecular flexibility index (Phi) is 4.81. The lowest BCUT2D eigenvalue weighted by Crippen LogP contribution is -2.10. The SMILES string of the molecule is Cc1ccccc1NC(=O)C=Cc1ccc(C(C)(C)C)cc1. The van der Waals surface area contributed by atoms with Crippen molar-refractivity contribution in [1.29, 1.82) is 0 Å². The van der Waals surface area contributed by atoms with Gasteiger partial charge in [-0.05, 0) is 41.2 Å². The van der Waals surface area contributed by atoms with Crippen molar-refractivity contribution < 1.29 is 4.79 Å². The number of amides is 1. The molecule has 2 aromatic rings. The first-order valence-electron chi connectivity index (χ1n) is 7.51. The van der Waals surface area contributed by atoms with Gasteiger partial charge in [0.1, 0.15) is 0 Å². The first-order chi connectivity index (χ1) is 10.4. The Balaban J connectivity index is 2.02. The van der Waals surface area contributed by atoms with E-state index in [-0.39, 0.29) is 11.3 Å².